The standard InChI is InChI=1S/C22H32N8O2S/c1-2-18-26-19-20(24-15-3-5-17(6-4-15)29-8-11-32-12-9-29)27-22(28-21(19)33-18)25-16-13-23-30(14-16)7-10-31/h13-15,17,31H,2-12H2,1H3,(H2,24,25,27,28). The van der Waals surface area contributed by atoms with Crippen LogP contribution in [0.25, 0.3) is 10.3 Å². The van der Waals surface area contributed by atoms with Gasteiger partial charge in [0.25, 0.3) is 0 Å². The first kappa shape index (κ1) is 22.5. The maximum atomic E-state index is 9.12. The van der Waals surface area contributed by atoms with Crippen molar-refractivity contribution in [3.8, 4) is 0 Å². The monoisotopic (exact) mass is 472 g/mol. The van der Waals surface area contributed by atoms with E-state index in [2.05, 4.69) is 27.6 Å². The van der Waals surface area contributed by atoms with E-state index in [0.29, 0.717) is 24.6 Å². The average Bonchev–Trinajstić information content (AvgIpc) is 3.47. The van der Waals surface area contributed by atoms with Gasteiger partial charge in [-0.15, -0.1) is 0 Å². The Morgan fingerprint density at radius 2 is 1.97 bits per heavy atom. The van der Waals surface area contributed by atoms with E-state index in [4.69, 9.17) is 24.8 Å². The second-order valence-electron chi connectivity index (χ2n) is 8.65. The van der Waals surface area contributed by atoms with Crippen LogP contribution in [0.1, 0.15) is 37.6 Å². The molecule has 0 radical (unpaired) electrons. The minimum absolute atomic E-state index is 0.0477. The number of aryl methyl sites for hydroxylation is 1. The Hall–Kier alpha value is -2.34. The third-order valence-electron chi connectivity index (χ3n) is 6.42. The fraction of sp³-hybridized carbons (Fsp3) is 0.636. The van der Waals surface area contributed by atoms with Gasteiger partial charge < -0.3 is 20.5 Å². The zero-order chi connectivity index (χ0) is 22.6. The molecular formula is C22H32N8O2S. The van der Waals surface area contributed by atoms with E-state index in [1.54, 1.807) is 22.2 Å². The van der Waals surface area contributed by atoms with Crippen LogP contribution in [0.5, 0.6) is 0 Å². The van der Waals surface area contributed by atoms with Crippen LogP contribution in [0.3, 0.4) is 0 Å². The van der Waals surface area contributed by atoms with E-state index < -0.39 is 0 Å². The summed E-state index contributed by atoms with van der Waals surface area (Å²) in [6.07, 6.45) is 9.06. The number of nitrogens with one attached hydrogen (secondary N) is 2. The number of nitrogens with zero attached hydrogens (tertiary/aromatic N) is 6. The van der Waals surface area contributed by atoms with E-state index in [0.717, 1.165) is 72.4 Å². The van der Waals surface area contributed by atoms with Gasteiger partial charge in [0.15, 0.2) is 10.6 Å². The van der Waals surface area contributed by atoms with Crippen LogP contribution >= 0.6 is 11.3 Å². The summed E-state index contributed by atoms with van der Waals surface area (Å²) in [6.45, 7) is 6.43. The predicted octanol–water partition coefficient (Wildman–Crippen LogP) is 2.64. The maximum absolute atomic E-state index is 9.12. The number of aliphatic hydroxyl groups is 1. The molecule has 1 saturated heterocycles. The van der Waals surface area contributed by atoms with Crippen molar-refractivity contribution in [1.29, 1.82) is 0 Å². The van der Waals surface area contributed by atoms with Gasteiger partial charge in [0.1, 0.15) is 5.52 Å². The highest BCUT2D eigenvalue weighted by Crippen LogP contribution is 2.31. The molecule has 10 nitrogen and oxygen atoms in total. The predicted molar refractivity (Wildman–Crippen MR) is 129 cm³/mol. The molecule has 3 aromatic heterocycles. The fourth-order valence-corrected chi connectivity index (χ4v) is 5.55. The molecular weight excluding hydrogens is 440 g/mol. The molecule has 4 heterocycles. The Morgan fingerprint density at radius 3 is 2.73 bits per heavy atom. The normalized spacial score (nSPS) is 22.0. The lowest BCUT2D eigenvalue weighted by molar-refractivity contribution is 0.00791. The van der Waals surface area contributed by atoms with E-state index >= 15 is 0 Å². The van der Waals surface area contributed by atoms with Crippen molar-refractivity contribution < 1.29 is 9.84 Å². The van der Waals surface area contributed by atoms with E-state index in [1.165, 1.54) is 12.8 Å². The lowest BCUT2D eigenvalue weighted by Gasteiger charge is -2.39. The van der Waals surface area contributed by atoms with Crippen molar-refractivity contribution in [1.82, 2.24) is 29.6 Å². The van der Waals surface area contributed by atoms with Gasteiger partial charge in [0, 0.05) is 31.4 Å². The van der Waals surface area contributed by atoms with Crippen LogP contribution < -0.4 is 10.6 Å². The summed E-state index contributed by atoms with van der Waals surface area (Å²) in [5, 5.41) is 21.4. The van der Waals surface area contributed by atoms with Gasteiger partial charge in [-0.3, -0.25) is 9.58 Å². The number of hydrogen-bond acceptors (Lipinski definition) is 10. The third kappa shape index (κ3) is 5.26. The summed E-state index contributed by atoms with van der Waals surface area (Å²) in [4.78, 5) is 17.8. The zero-order valence-corrected chi connectivity index (χ0v) is 19.9. The largest absolute Gasteiger partial charge is 0.394 e. The molecule has 0 amide bonds. The lowest BCUT2D eigenvalue weighted by Crippen LogP contribution is -2.46. The van der Waals surface area contributed by atoms with Crippen LogP contribution in [-0.4, -0.2) is 79.7 Å². The summed E-state index contributed by atoms with van der Waals surface area (Å²) >= 11 is 1.62. The molecule has 5 rings (SSSR count). The summed E-state index contributed by atoms with van der Waals surface area (Å²) in [7, 11) is 0. The molecule has 33 heavy (non-hydrogen) atoms. The average molecular weight is 473 g/mol. The first-order chi connectivity index (χ1) is 16.2. The molecule has 178 valence electrons. The Balaban J connectivity index is 1.31. The van der Waals surface area contributed by atoms with Gasteiger partial charge in [-0.2, -0.15) is 15.1 Å². The number of morpholine rings is 1. The molecule has 3 aromatic rings. The summed E-state index contributed by atoms with van der Waals surface area (Å²) in [5.41, 5.74) is 1.65. The minimum atomic E-state index is 0.0477. The highest BCUT2D eigenvalue weighted by molar-refractivity contribution is 7.18. The quantitative estimate of drug-likeness (QED) is 0.455. The highest BCUT2D eigenvalue weighted by atomic mass is 32.1. The molecule has 0 atom stereocenters. The van der Waals surface area contributed by atoms with Gasteiger partial charge >= 0.3 is 0 Å². The molecule has 2 fully saturated rings. The van der Waals surface area contributed by atoms with Crippen molar-refractivity contribution in [2.75, 3.05) is 43.5 Å². The summed E-state index contributed by atoms with van der Waals surface area (Å²) in [5.74, 6) is 1.33. The van der Waals surface area contributed by atoms with E-state index in [1.807, 2.05) is 6.20 Å². The number of thiazole rings is 1. The molecule has 0 unspecified atom stereocenters. The Kier molecular flexibility index (Phi) is 7.00. The van der Waals surface area contributed by atoms with Crippen molar-refractivity contribution >= 4 is 39.1 Å². The SMILES string of the molecule is CCc1nc2c(NC3CCC(N4CCOCC4)CC3)nc(Nc3cnn(CCO)c3)nc2s1. The van der Waals surface area contributed by atoms with Gasteiger partial charge in [-0.1, -0.05) is 18.3 Å². The highest BCUT2D eigenvalue weighted by Gasteiger charge is 2.27. The third-order valence-corrected chi connectivity index (χ3v) is 7.52. The van der Waals surface area contributed by atoms with Gasteiger partial charge in [-0.05, 0) is 32.1 Å². The molecule has 11 heteroatoms. The first-order valence-corrected chi connectivity index (χ1v) is 12.7. The Bertz CT molecular complexity index is 1060. The van der Waals surface area contributed by atoms with Crippen LogP contribution in [0.4, 0.5) is 17.5 Å². The number of hydrogen-bond donors (Lipinski definition) is 3. The Morgan fingerprint density at radius 1 is 1.15 bits per heavy atom. The van der Waals surface area contributed by atoms with E-state index in [-0.39, 0.29) is 6.61 Å². The van der Waals surface area contributed by atoms with Crippen molar-refractivity contribution in [3.05, 3.63) is 17.4 Å². The van der Waals surface area contributed by atoms with Gasteiger partial charge in [-0.25, -0.2) is 4.98 Å². The Labute approximate surface area is 197 Å². The molecule has 1 saturated carbocycles. The van der Waals surface area contributed by atoms with E-state index in [9.17, 15) is 0 Å². The zero-order valence-electron chi connectivity index (χ0n) is 19.0. The molecule has 2 aliphatic rings. The van der Waals surface area contributed by atoms with Crippen LogP contribution in [0.2, 0.25) is 0 Å². The van der Waals surface area contributed by atoms with Crippen LogP contribution in [-0.2, 0) is 17.7 Å². The molecule has 0 aromatic carbocycles. The number of rotatable bonds is 8. The number of ether oxygens (including phenoxy) is 1. The van der Waals surface area contributed by atoms with Crippen LogP contribution in [0, 0.1) is 0 Å². The minimum Gasteiger partial charge on any atom is -0.394 e. The molecule has 1 aliphatic carbocycles. The summed E-state index contributed by atoms with van der Waals surface area (Å²) in [6, 6.07) is 1.04. The second kappa shape index (κ2) is 10.3. The molecule has 3 N–H and O–H groups in total. The lowest BCUT2D eigenvalue weighted by atomic mass is 9.90. The fourth-order valence-electron chi connectivity index (χ4n) is 4.68. The van der Waals surface area contributed by atoms with Crippen molar-refractivity contribution in [2.45, 2.75) is 57.7 Å². The molecule has 0 spiro atoms. The van der Waals surface area contributed by atoms with Gasteiger partial charge in [0.05, 0.1) is 43.3 Å². The maximum Gasteiger partial charge on any atom is 0.230 e. The first-order valence-electron chi connectivity index (χ1n) is 11.9. The topological polar surface area (TPSA) is 113 Å². The number of fused-ring (bicyclic) bond motifs is 1. The van der Waals surface area contributed by atoms with Crippen molar-refractivity contribution in [3.63, 3.8) is 0 Å². The van der Waals surface area contributed by atoms with Crippen LogP contribution in [0.15, 0.2) is 12.4 Å². The number of aliphatic hydroxyl groups excluding tert-OH is 1. The number of aromatic nitrogens is 5. The molecule has 0 bridgehead atoms. The smallest absolute Gasteiger partial charge is 0.230 e. The van der Waals surface area contributed by atoms with Gasteiger partial charge in [0.2, 0.25) is 5.95 Å². The molecule has 1 aliphatic heterocycles. The second-order valence-corrected chi connectivity index (χ2v) is 9.71. The number of anilines is 3. The van der Waals surface area contributed by atoms with Crippen molar-refractivity contribution in [2.24, 2.45) is 0 Å². The summed E-state index contributed by atoms with van der Waals surface area (Å²) < 4.78 is 7.20.